The second-order valence-corrected chi connectivity index (χ2v) is 6.43. The Morgan fingerprint density at radius 2 is 1.61 bits per heavy atom. The molecule has 156 valence electrons. The van der Waals surface area contributed by atoms with Crippen molar-refractivity contribution < 1.29 is 24.4 Å². The molecule has 1 amide bonds. The zero-order valence-corrected chi connectivity index (χ0v) is 16.2. The largest absolute Gasteiger partial charge is 0.488 e. The van der Waals surface area contributed by atoms with E-state index < -0.39 is 16.8 Å². The van der Waals surface area contributed by atoms with Gasteiger partial charge in [0.05, 0.1) is 4.92 Å². The smallest absolute Gasteiger partial charge is 0.352 e. The minimum atomic E-state index is -1.30. The lowest BCUT2D eigenvalue weighted by Crippen LogP contribution is -2.27. The van der Waals surface area contributed by atoms with Crippen LogP contribution in [0.5, 0.6) is 5.75 Å². The Balaban J connectivity index is 1.78. The molecule has 0 unspecified atom stereocenters. The zero-order chi connectivity index (χ0) is 22.2. The predicted octanol–water partition coefficient (Wildman–Crippen LogP) is 4.03. The van der Waals surface area contributed by atoms with E-state index in [1.165, 1.54) is 18.2 Å². The molecule has 31 heavy (non-hydrogen) atoms. The molecule has 2 N–H and O–H groups in total. The maximum Gasteiger partial charge on any atom is 0.352 e. The number of carboxylic acid groups (broad SMARTS) is 1. The van der Waals surface area contributed by atoms with Gasteiger partial charge in [-0.1, -0.05) is 36.4 Å². The van der Waals surface area contributed by atoms with Gasteiger partial charge in [0, 0.05) is 23.3 Å². The highest BCUT2D eigenvalue weighted by molar-refractivity contribution is 6.02. The highest BCUT2D eigenvalue weighted by Crippen LogP contribution is 2.22. The van der Waals surface area contributed by atoms with Crippen molar-refractivity contribution in [3.05, 3.63) is 111 Å². The highest BCUT2D eigenvalue weighted by atomic mass is 16.6. The minimum absolute atomic E-state index is 0.0210. The number of hydrogen-bond acceptors (Lipinski definition) is 5. The van der Waals surface area contributed by atoms with Crippen LogP contribution >= 0.6 is 0 Å². The number of carbonyl (C=O) groups excluding carboxylic acids is 1. The lowest BCUT2D eigenvalue weighted by atomic mass is 10.1. The van der Waals surface area contributed by atoms with Crippen molar-refractivity contribution in [3.8, 4) is 5.75 Å². The van der Waals surface area contributed by atoms with Gasteiger partial charge in [-0.15, -0.1) is 0 Å². The quantitative estimate of drug-likeness (QED) is 0.324. The monoisotopic (exact) mass is 418 g/mol. The Hall–Kier alpha value is -4.46. The summed E-state index contributed by atoms with van der Waals surface area (Å²) in [7, 11) is 0. The third-order valence-corrected chi connectivity index (χ3v) is 4.27. The molecular formula is C23H18N2O6. The van der Waals surface area contributed by atoms with E-state index in [-0.39, 0.29) is 18.0 Å². The third kappa shape index (κ3) is 5.77. The number of para-hydroxylation sites is 1. The molecule has 0 bridgehead atoms. The van der Waals surface area contributed by atoms with Crippen LogP contribution in [0.3, 0.4) is 0 Å². The molecule has 0 atom stereocenters. The molecular weight excluding hydrogens is 400 g/mol. The fraction of sp³-hybridized carbons (Fsp3) is 0.0435. The molecule has 3 aromatic carbocycles. The first-order valence-corrected chi connectivity index (χ1v) is 9.20. The number of benzene rings is 3. The summed E-state index contributed by atoms with van der Waals surface area (Å²) >= 11 is 0. The van der Waals surface area contributed by atoms with Gasteiger partial charge in [-0.3, -0.25) is 14.9 Å². The normalized spacial score (nSPS) is 10.9. The predicted molar refractivity (Wildman–Crippen MR) is 113 cm³/mol. The molecule has 8 nitrogen and oxygen atoms in total. The van der Waals surface area contributed by atoms with Crippen LogP contribution in [0.25, 0.3) is 6.08 Å². The van der Waals surface area contributed by atoms with E-state index in [1.807, 2.05) is 0 Å². The molecule has 0 aliphatic rings. The van der Waals surface area contributed by atoms with Crippen LogP contribution in [0.15, 0.2) is 84.6 Å². The second-order valence-electron chi connectivity index (χ2n) is 6.43. The van der Waals surface area contributed by atoms with Crippen molar-refractivity contribution in [1.29, 1.82) is 0 Å². The average molecular weight is 418 g/mol. The lowest BCUT2D eigenvalue weighted by molar-refractivity contribution is -0.384. The van der Waals surface area contributed by atoms with Crippen molar-refractivity contribution in [1.82, 2.24) is 5.32 Å². The van der Waals surface area contributed by atoms with Gasteiger partial charge < -0.3 is 15.2 Å². The van der Waals surface area contributed by atoms with Gasteiger partial charge in [0.2, 0.25) is 0 Å². The summed E-state index contributed by atoms with van der Waals surface area (Å²) in [5.41, 5.74) is 1.17. The van der Waals surface area contributed by atoms with Crippen molar-refractivity contribution in [2.24, 2.45) is 0 Å². The molecule has 0 heterocycles. The van der Waals surface area contributed by atoms with Crippen LogP contribution in [0.4, 0.5) is 5.69 Å². The standard InChI is InChI=1S/C23H18N2O6/c26-22(17-6-2-1-3-7-17)24-20(23(27)28)14-18-8-4-5-9-21(18)31-15-16-10-12-19(13-11-16)25(29)30/h1-14H,15H2,(H,24,26)(H,27,28)/b20-14+. The summed E-state index contributed by atoms with van der Waals surface area (Å²) in [5.74, 6) is -1.44. The summed E-state index contributed by atoms with van der Waals surface area (Å²) in [4.78, 5) is 34.3. The van der Waals surface area contributed by atoms with Crippen LogP contribution in [-0.4, -0.2) is 21.9 Å². The first-order valence-electron chi connectivity index (χ1n) is 9.20. The Morgan fingerprint density at radius 3 is 2.26 bits per heavy atom. The van der Waals surface area contributed by atoms with Crippen LogP contribution < -0.4 is 10.1 Å². The SMILES string of the molecule is O=C(O)/C(=C\c1ccccc1OCc1ccc([N+](=O)[O-])cc1)NC(=O)c1ccccc1. The Morgan fingerprint density at radius 1 is 0.968 bits per heavy atom. The highest BCUT2D eigenvalue weighted by Gasteiger charge is 2.14. The van der Waals surface area contributed by atoms with E-state index in [0.717, 1.165) is 0 Å². The van der Waals surface area contributed by atoms with E-state index in [1.54, 1.807) is 66.7 Å². The van der Waals surface area contributed by atoms with E-state index in [2.05, 4.69) is 5.32 Å². The number of amides is 1. The van der Waals surface area contributed by atoms with Gasteiger partial charge in [-0.05, 0) is 42.0 Å². The summed E-state index contributed by atoms with van der Waals surface area (Å²) in [5, 5.41) is 22.7. The van der Waals surface area contributed by atoms with Gasteiger partial charge in [-0.2, -0.15) is 0 Å². The third-order valence-electron chi connectivity index (χ3n) is 4.27. The van der Waals surface area contributed by atoms with Crippen LogP contribution in [0.2, 0.25) is 0 Å². The summed E-state index contributed by atoms with van der Waals surface area (Å²) < 4.78 is 5.77. The Kier molecular flexibility index (Phi) is 6.74. The molecule has 8 heteroatoms. The number of nitrogens with zero attached hydrogens (tertiary/aromatic N) is 1. The van der Waals surface area contributed by atoms with E-state index in [0.29, 0.717) is 22.4 Å². The minimum Gasteiger partial charge on any atom is -0.488 e. The fourth-order valence-electron chi connectivity index (χ4n) is 2.70. The maximum absolute atomic E-state index is 12.3. The summed E-state index contributed by atoms with van der Waals surface area (Å²) in [6.07, 6.45) is 1.31. The van der Waals surface area contributed by atoms with Crippen molar-refractivity contribution in [2.45, 2.75) is 6.61 Å². The van der Waals surface area contributed by atoms with Crippen LogP contribution in [0, 0.1) is 10.1 Å². The molecule has 0 saturated heterocycles. The van der Waals surface area contributed by atoms with Gasteiger partial charge in [0.1, 0.15) is 18.1 Å². The van der Waals surface area contributed by atoms with Crippen molar-refractivity contribution in [2.75, 3.05) is 0 Å². The van der Waals surface area contributed by atoms with E-state index >= 15 is 0 Å². The molecule has 0 aliphatic carbocycles. The second kappa shape index (κ2) is 9.84. The number of aliphatic carboxylic acids is 1. The molecule has 0 fully saturated rings. The number of non-ortho nitro benzene ring substituents is 1. The topological polar surface area (TPSA) is 119 Å². The van der Waals surface area contributed by atoms with E-state index in [4.69, 9.17) is 4.74 Å². The van der Waals surface area contributed by atoms with Gasteiger partial charge in [0.15, 0.2) is 0 Å². The van der Waals surface area contributed by atoms with Gasteiger partial charge >= 0.3 is 5.97 Å². The van der Waals surface area contributed by atoms with Crippen LogP contribution in [-0.2, 0) is 11.4 Å². The average Bonchev–Trinajstić information content (AvgIpc) is 2.78. The van der Waals surface area contributed by atoms with E-state index in [9.17, 15) is 24.8 Å². The number of nitro benzene ring substituents is 1. The molecule has 0 spiro atoms. The Labute approximate surface area is 177 Å². The number of nitrogens with one attached hydrogen (secondary N) is 1. The van der Waals surface area contributed by atoms with Gasteiger partial charge in [0.25, 0.3) is 11.6 Å². The van der Waals surface area contributed by atoms with Gasteiger partial charge in [-0.25, -0.2) is 4.79 Å². The summed E-state index contributed by atoms with van der Waals surface area (Å²) in [6, 6.07) is 21.0. The summed E-state index contributed by atoms with van der Waals surface area (Å²) in [6.45, 7) is 0.127. The fourth-order valence-corrected chi connectivity index (χ4v) is 2.70. The first-order chi connectivity index (χ1) is 14.9. The molecule has 0 saturated carbocycles. The van der Waals surface area contributed by atoms with Crippen LogP contribution in [0.1, 0.15) is 21.5 Å². The molecule has 0 aliphatic heterocycles. The molecule has 0 aromatic heterocycles. The number of carboxylic acids is 1. The molecule has 0 radical (unpaired) electrons. The maximum atomic E-state index is 12.3. The van der Waals surface area contributed by atoms with Crippen molar-refractivity contribution >= 4 is 23.6 Å². The first kappa shape index (κ1) is 21.3. The Bertz CT molecular complexity index is 1120. The van der Waals surface area contributed by atoms with Crippen molar-refractivity contribution in [3.63, 3.8) is 0 Å². The number of carbonyl (C=O) groups is 2. The number of ether oxygens (including phenoxy) is 1. The number of rotatable bonds is 8. The molecule has 3 aromatic rings. The lowest BCUT2D eigenvalue weighted by Gasteiger charge is -2.11. The molecule has 3 rings (SSSR count). The zero-order valence-electron chi connectivity index (χ0n) is 16.2. The number of hydrogen-bond donors (Lipinski definition) is 2. The number of nitro groups is 1.